The van der Waals surface area contributed by atoms with E-state index in [1.807, 2.05) is 0 Å². The first-order chi connectivity index (χ1) is 13.0. The lowest BCUT2D eigenvalue weighted by Crippen LogP contribution is -2.31. The van der Waals surface area contributed by atoms with Crippen molar-refractivity contribution in [2.24, 2.45) is 0 Å². The molecule has 0 unspecified atom stereocenters. The Bertz CT molecular complexity index is 913. The van der Waals surface area contributed by atoms with Crippen LogP contribution in [-0.2, 0) is 9.59 Å². The van der Waals surface area contributed by atoms with Gasteiger partial charge >= 0.3 is 0 Å². The molecular weight excluding hydrogens is 370 g/mol. The number of carbonyl (C=O) groups is 3. The molecule has 2 amide bonds. The van der Waals surface area contributed by atoms with Crippen molar-refractivity contribution in [3.63, 3.8) is 0 Å². The van der Waals surface area contributed by atoms with Crippen LogP contribution < -0.4 is 19.5 Å². The fourth-order valence-electron chi connectivity index (χ4n) is 2.81. The summed E-state index contributed by atoms with van der Waals surface area (Å²) in [5, 5.41) is 10.5. The molecule has 8 heteroatoms. The highest BCUT2D eigenvalue weighted by Gasteiger charge is 2.41. The number of thioether (sulfide) groups is 1. The summed E-state index contributed by atoms with van der Waals surface area (Å²) < 4.78 is 10.4. The fraction of sp³-hybridized carbons (Fsp3) is 0.211. The monoisotopic (exact) mass is 386 g/mol. The molecule has 0 radical (unpaired) electrons. The molecule has 3 rings (SSSR count). The normalized spacial score (nSPS) is 16.5. The predicted molar refractivity (Wildman–Crippen MR) is 97.1 cm³/mol. The van der Waals surface area contributed by atoms with Gasteiger partial charge in [0.2, 0.25) is 11.8 Å². The molecular formula is C19H16NO6S-. The van der Waals surface area contributed by atoms with Crippen LogP contribution in [0.25, 0.3) is 0 Å². The maximum atomic E-state index is 12.9. The van der Waals surface area contributed by atoms with Crippen LogP contribution in [0.4, 0.5) is 5.69 Å². The van der Waals surface area contributed by atoms with Gasteiger partial charge in [0.15, 0.2) is 0 Å². The number of aromatic carboxylic acids is 1. The maximum absolute atomic E-state index is 12.9. The molecule has 2 aromatic carbocycles. The largest absolute Gasteiger partial charge is 0.545 e. The van der Waals surface area contributed by atoms with Crippen LogP contribution in [0, 0.1) is 0 Å². The van der Waals surface area contributed by atoms with Crippen LogP contribution in [0.3, 0.4) is 0 Å². The van der Waals surface area contributed by atoms with E-state index < -0.39 is 17.1 Å². The van der Waals surface area contributed by atoms with Gasteiger partial charge in [-0.2, -0.15) is 0 Å². The Morgan fingerprint density at radius 2 is 1.89 bits per heavy atom. The van der Waals surface area contributed by atoms with Crippen molar-refractivity contribution >= 4 is 35.2 Å². The number of amides is 2. The summed E-state index contributed by atoms with van der Waals surface area (Å²) >= 11 is 1.04. The average molecular weight is 386 g/mol. The highest BCUT2D eigenvalue weighted by atomic mass is 32.2. The van der Waals surface area contributed by atoms with Crippen LogP contribution in [0.2, 0.25) is 0 Å². The van der Waals surface area contributed by atoms with Crippen LogP contribution in [0.5, 0.6) is 11.5 Å². The van der Waals surface area contributed by atoms with E-state index in [0.717, 1.165) is 16.7 Å². The summed E-state index contributed by atoms with van der Waals surface area (Å²) in [6, 6.07) is 11.0. The lowest BCUT2D eigenvalue weighted by molar-refractivity contribution is -0.255. The Balaban J connectivity index is 1.89. The van der Waals surface area contributed by atoms with E-state index in [1.54, 1.807) is 36.4 Å². The summed E-state index contributed by atoms with van der Waals surface area (Å²) in [6.45, 7) is 0. The summed E-state index contributed by atoms with van der Waals surface area (Å²) in [7, 11) is 2.94. The Kier molecular flexibility index (Phi) is 5.36. The Labute approximate surface area is 159 Å². The molecule has 1 saturated heterocycles. The van der Waals surface area contributed by atoms with Crippen molar-refractivity contribution in [2.45, 2.75) is 16.6 Å². The van der Waals surface area contributed by atoms with Gasteiger partial charge in [-0.25, -0.2) is 4.90 Å². The molecule has 1 fully saturated rings. The van der Waals surface area contributed by atoms with E-state index in [1.165, 1.54) is 20.3 Å². The minimum atomic E-state index is -1.33. The van der Waals surface area contributed by atoms with Gasteiger partial charge in [0.25, 0.3) is 0 Å². The van der Waals surface area contributed by atoms with E-state index in [0.29, 0.717) is 22.1 Å². The summed E-state index contributed by atoms with van der Waals surface area (Å²) in [4.78, 5) is 38.1. The van der Waals surface area contributed by atoms with E-state index >= 15 is 0 Å². The zero-order valence-electron chi connectivity index (χ0n) is 14.6. The first kappa shape index (κ1) is 18.8. The van der Waals surface area contributed by atoms with Gasteiger partial charge in [0, 0.05) is 22.9 Å². The molecule has 1 atom stereocenters. The van der Waals surface area contributed by atoms with Crippen LogP contribution >= 0.6 is 11.8 Å². The number of hydrogen-bond acceptors (Lipinski definition) is 7. The number of hydrogen-bond donors (Lipinski definition) is 0. The second-order valence-electron chi connectivity index (χ2n) is 5.70. The van der Waals surface area contributed by atoms with Crippen molar-refractivity contribution in [2.75, 3.05) is 19.1 Å². The molecule has 0 spiro atoms. The first-order valence-corrected chi connectivity index (χ1v) is 8.90. The number of carbonyl (C=O) groups excluding carboxylic acids is 3. The molecule has 1 heterocycles. The molecule has 0 aliphatic carbocycles. The third kappa shape index (κ3) is 3.61. The number of benzene rings is 2. The van der Waals surface area contributed by atoms with E-state index in [4.69, 9.17) is 9.47 Å². The maximum Gasteiger partial charge on any atom is 0.247 e. The smallest absolute Gasteiger partial charge is 0.247 e. The molecule has 140 valence electrons. The highest BCUT2D eigenvalue weighted by Crippen LogP contribution is 2.39. The van der Waals surface area contributed by atoms with Gasteiger partial charge in [0.05, 0.1) is 31.1 Å². The van der Waals surface area contributed by atoms with Crippen molar-refractivity contribution < 1.29 is 29.0 Å². The van der Waals surface area contributed by atoms with Crippen molar-refractivity contribution in [3.05, 3.63) is 48.0 Å². The third-order valence-electron chi connectivity index (χ3n) is 4.11. The van der Waals surface area contributed by atoms with E-state index in [2.05, 4.69) is 0 Å². The molecule has 27 heavy (non-hydrogen) atoms. The number of imide groups is 1. The second kappa shape index (κ2) is 7.71. The van der Waals surface area contributed by atoms with Crippen LogP contribution in [0.1, 0.15) is 16.8 Å². The number of methoxy groups -OCH3 is 2. The standard InChI is InChI=1S/C19H17NO6S/c1-25-11-7-8-13(14(9-11)26-2)20-17(21)10-16(18(20)22)27-15-6-4-3-5-12(15)19(23)24/h3-9,16H,10H2,1-2H3,(H,23,24)/p-1/t16-/m1/s1. The van der Waals surface area contributed by atoms with Gasteiger partial charge in [-0.05, 0) is 18.2 Å². The Hall–Kier alpha value is -3.00. The van der Waals surface area contributed by atoms with Crippen LogP contribution in [0.15, 0.2) is 47.4 Å². The zero-order chi connectivity index (χ0) is 19.6. The molecule has 7 nitrogen and oxygen atoms in total. The molecule has 2 aromatic rings. The van der Waals surface area contributed by atoms with Gasteiger partial charge in [-0.1, -0.05) is 18.2 Å². The Morgan fingerprint density at radius 1 is 1.15 bits per heavy atom. The van der Waals surface area contributed by atoms with Crippen molar-refractivity contribution in [1.29, 1.82) is 0 Å². The molecule has 0 N–H and O–H groups in total. The Morgan fingerprint density at radius 3 is 2.56 bits per heavy atom. The number of carboxylic acids is 1. The number of carboxylic acid groups (broad SMARTS) is 1. The van der Waals surface area contributed by atoms with Gasteiger partial charge in [0.1, 0.15) is 11.5 Å². The minimum absolute atomic E-state index is 0.0109. The fourth-order valence-corrected chi connectivity index (χ4v) is 3.98. The average Bonchev–Trinajstić information content (AvgIpc) is 2.94. The zero-order valence-corrected chi connectivity index (χ0v) is 15.4. The van der Waals surface area contributed by atoms with Crippen LogP contribution in [-0.4, -0.2) is 37.3 Å². The lowest BCUT2D eigenvalue weighted by Gasteiger charge is -2.19. The number of nitrogens with zero attached hydrogens (tertiary/aromatic N) is 1. The summed E-state index contributed by atoms with van der Waals surface area (Å²) in [5.74, 6) is -1.28. The number of ether oxygens (including phenoxy) is 2. The molecule has 1 aliphatic rings. The highest BCUT2D eigenvalue weighted by molar-refractivity contribution is 8.00. The molecule has 0 saturated carbocycles. The van der Waals surface area contributed by atoms with Gasteiger partial charge < -0.3 is 19.4 Å². The lowest BCUT2D eigenvalue weighted by atomic mass is 10.2. The van der Waals surface area contributed by atoms with Gasteiger partial charge in [-0.15, -0.1) is 11.8 Å². The summed E-state index contributed by atoms with van der Waals surface area (Å²) in [5.41, 5.74) is 0.313. The van der Waals surface area contributed by atoms with E-state index in [-0.39, 0.29) is 17.9 Å². The van der Waals surface area contributed by atoms with Crippen molar-refractivity contribution in [3.8, 4) is 11.5 Å². The summed E-state index contributed by atoms with van der Waals surface area (Å²) in [6.07, 6.45) is -0.0416. The van der Waals surface area contributed by atoms with E-state index in [9.17, 15) is 19.5 Å². The molecule has 0 aromatic heterocycles. The SMILES string of the molecule is COc1ccc(N2C(=O)C[C@@H](Sc3ccccc3C(=O)[O-])C2=O)c(OC)c1. The first-order valence-electron chi connectivity index (χ1n) is 8.02. The number of rotatable bonds is 6. The predicted octanol–water partition coefficient (Wildman–Crippen LogP) is 1.49. The second-order valence-corrected chi connectivity index (χ2v) is 6.94. The van der Waals surface area contributed by atoms with Crippen molar-refractivity contribution in [1.82, 2.24) is 0 Å². The molecule has 1 aliphatic heterocycles. The quantitative estimate of drug-likeness (QED) is 0.694. The van der Waals surface area contributed by atoms with Gasteiger partial charge in [-0.3, -0.25) is 9.59 Å². The molecule has 0 bridgehead atoms. The minimum Gasteiger partial charge on any atom is -0.545 e. The number of anilines is 1. The topological polar surface area (TPSA) is 96.0 Å². The third-order valence-corrected chi connectivity index (χ3v) is 5.37.